The summed E-state index contributed by atoms with van der Waals surface area (Å²) in [6.45, 7) is 9.68. The summed E-state index contributed by atoms with van der Waals surface area (Å²) in [4.78, 5) is 16.1. The van der Waals surface area contributed by atoms with E-state index in [0.29, 0.717) is 25.7 Å². The second kappa shape index (κ2) is 11.1. The quantitative estimate of drug-likeness (QED) is 0.468. The molecule has 2 aromatic carbocycles. The molecule has 6 nitrogen and oxygen atoms in total. The van der Waals surface area contributed by atoms with E-state index in [2.05, 4.69) is 46.1 Å². The van der Waals surface area contributed by atoms with Gasteiger partial charge in [-0.05, 0) is 43.2 Å². The van der Waals surface area contributed by atoms with Crippen LogP contribution < -0.4 is 20.7 Å². The largest absolute Gasteiger partial charge is 0.494 e. The third-order valence-electron chi connectivity index (χ3n) is 4.40. The average Bonchev–Trinajstić information content (AvgIpc) is 2.70. The Bertz CT molecular complexity index is 829. The van der Waals surface area contributed by atoms with Crippen LogP contribution in [0.5, 0.6) is 5.75 Å². The molecule has 2 aromatic rings. The van der Waals surface area contributed by atoms with Crippen LogP contribution in [0.3, 0.4) is 0 Å². The smallest absolute Gasteiger partial charge is 0.226 e. The highest BCUT2D eigenvalue weighted by Gasteiger charge is 2.08. The SMILES string of the molecule is CCOc1cc(C)ccc1CNC(=NC)NCc1ccc(NC(=O)C(C)C)cc1. The minimum absolute atomic E-state index is 0.0167. The molecule has 0 heterocycles. The van der Waals surface area contributed by atoms with E-state index in [1.54, 1.807) is 7.05 Å². The Morgan fingerprint density at radius 2 is 1.76 bits per heavy atom. The normalized spacial score (nSPS) is 11.3. The van der Waals surface area contributed by atoms with Gasteiger partial charge in [-0.15, -0.1) is 0 Å². The van der Waals surface area contributed by atoms with Crippen LogP contribution in [0.4, 0.5) is 5.69 Å². The lowest BCUT2D eigenvalue weighted by atomic mass is 10.1. The van der Waals surface area contributed by atoms with E-state index in [0.717, 1.165) is 22.6 Å². The highest BCUT2D eigenvalue weighted by atomic mass is 16.5. The summed E-state index contributed by atoms with van der Waals surface area (Å²) in [6, 6.07) is 14.0. The molecule has 0 saturated heterocycles. The van der Waals surface area contributed by atoms with Crippen molar-refractivity contribution in [3.05, 3.63) is 59.2 Å². The summed E-state index contributed by atoms with van der Waals surface area (Å²) in [5, 5.41) is 9.53. The maximum absolute atomic E-state index is 11.8. The lowest BCUT2D eigenvalue weighted by Crippen LogP contribution is -2.36. The van der Waals surface area contributed by atoms with Gasteiger partial charge in [-0.2, -0.15) is 0 Å². The van der Waals surface area contributed by atoms with Crippen molar-refractivity contribution in [1.29, 1.82) is 0 Å². The van der Waals surface area contributed by atoms with Gasteiger partial charge in [0.1, 0.15) is 5.75 Å². The highest BCUT2D eigenvalue weighted by molar-refractivity contribution is 5.92. The molecule has 0 atom stereocenters. The molecular weight excluding hydrogens is 364 g/mol. The molecule has 0 aliphatic heterocycles. The number of nitrogens with zero attached hydrogens (tertiary/aromatic N) is 1. The van der Waals surface area contributed by atoms with Gasteiger partial charge in [0.25, 0.3) is 0 Å². The number of benzene rings is 2. The van der Waals surface area contributed by atoms with Crippen LogP contribution in [-0.4, -0.2) is 25.5 Å². The molecule has 0 aliphatic carbocycles. The fraction of sp³-hybridized carbons (Fsp3) is 0.391. The maximum Gasteiger partial charge on any atom is 0.226 e. The fourth-order valence-electron chi connectivity index (χ4n) is 2.68. The van der Waals surface area contributed by atoms with E-state index in [4.69, 9.17) is 4.74 Å². The van der Waals surface area contributed by atoms with Crippen molar-refractivity contribution < 1.29 is 9.53 Å². The van der Waals surface area contributed by atoms with Crippen molar-refractivity contribution >= 4 is 17.6 Å². The molecule has 0 bridgehead atoms. The zero-order valence-corrected chi connectivity index (χ0v) is 18.0. The molecule has 0 unspecified atom stereocenters. The number of nitrogens with one attached hydrogen (secondary N) is 3. The Morgan fingerprint density at radius 1 is 1.07 bits per heavy atom. The van der Waals surface area contributed by atoms with Gasteiger partial charge in [0.05, 0.1) is 6.61 Å². The minimum atomic E-state index is -0.0393. The summed E-state index contributed by atoms with van der Waals surface area (Å²) in [7, 11) is 1.75. The topological polar surface area (TPSA) is 74.8 Å². The average molecular weight is 397 g/mol. The first-order valence-corrected chi connectivity index (χ1v) is 9.99. The van der Waals surface area contributed by atoms with Crippen molar-refractivity contribution in [3.63, 3.8) is 0 Å². The third-order valence-corrected chi connectivity index (χ3v) is 4.40. The van der Waals surface area contributed by atoms with Gasteiger partial charge in [0.15, 0.2) is 5.96 Å². The number of hydrogen-bond donors (Lipinski definition) is 3. The van der Waals surface area contributed by atoms with Crippen molar-refractivity contribution in [2.75, 3.05) is 19.0 Å². The lowest BCUT2D eigenvalue weighted by Gasteiger charge is -2.15. The fourth-order valence-corrected chi connectivity index (χ4v) is 2.68. The highest BCUT2D eigenvalue weighted by Crippen LogP contribution is 2.20. The first kappa shape index (κ1) is 22.3. The van der Waals surface area contributed by atoms with Crippen LogP contribution in [0.25, 0.3) is 0 Å². The van der Waals surface area contributed by atoms with E-state index in [1.165, 1.54) is 5.56 Å². The molecule has 2 rings (SSSR count). The second-order valence-electron chi connectivity index (χ2n) is 7.16. The predicted molar refractivity (Wildman–Crippen MR) is 119 cm³/mol. The summed E-state index contributed by atoms with van der Waals surface area (Å²) >= 11 is 0. The Labute approximate surface area is 173 Å². The van der Waals surface area contributed by atoms with Gasteiger partial charge in [-0.1, -0.05) is 38.1 Å². The second-order valence-corrected chi connectivity index (χ2v) is 7.16. The van der Waals surface area contributed by atoms with Crippen LogP contribution in [0.1, 0.15) is 37.5 Å². The predicted octanol–water partition coefficient (Wildman–Crippen LogP) is 3.85. The number of rotatable bonds is 8. The standard InChI is InChI=1S/C23H32N4O2/c1-6-29-21-13-17(4)7-10-19(21)15-26-23(24-5)25-14-18-8-11-20(12-9-18)27-22(28)16(2)3/h7-13,16H,6,14-15H2,1-5H3,(H,27,28)(H2,24,25,26). The monoisotopic (exact) mass is 396 g/mol. The number of hydrogen-bond acceptors (Lipinski definition) is 3. The zero-order chi connectivity index (χ0) is 21.2. The van der Waals surface area contributed by atoms with Gasteiger partial charge >= 0.3 is 0 Å². The molecule has 1 amide bonds. The van der Waals surface area contributed by atoms with Crippen LogP contribution in [0.2, 0.25) is 0 Å². The van der Waals surface area contributed by atoms with E-state index in [1.807, 2.05) is 45.0 Å². The Balaban J connectivity index is 1.89. The van der Waals surface area contributed by atoms with Crippen molar-refractivity contribution in [2.45, 2.75) is 40.8 Å². The van der Waals surface area contributed by atoms with Crippen LogP contribution in [0, 0.1) is 12.8 Å². The molecule has 6 heteroatoms. The number of aliphatic imine (C=N–C) groups is 1. The van der Waals surface area contributed by atoms with Gasteiger partial charge in [-0.25, -0.2) is 0 Å². The first-order chi connectivity index (χ1) is 13.9. The minimum Gasteiger partial charge on any atom is -0.494 e. The first-order valence-electron chi connectivity index (χ1n) is 9.99. The number of anilines is 1. The lowest BCUT2D eigenvalue weighted by molar-refractivity contribution is -0.118. The number of guanidine groups is 1. The number of carbonyl (C=O) groups is 1. The van der Waals surface area contributed by atoms with Crippen molar-refractivity contribution in [1.82, 2.24) is 10.6 Å². The third kappa shape index (κ3) is 7.14. The van der Waals surface area contributed by atoms with E-state index in [-0.39, 0.29) is 11.8 Å². The molecule has 0 fully saturated rings. The summed E-state index contributed by atoms with van der Waals surface area (Å²) in [6.07, 6.45) is 0. The molecule has 0 aromatic heterocycles. The Morgan fingerprint density at radius 3 is 2.38 bits per heavy atom. The molecule has 156 valence electrons. The molecule has 0 aliphatic rings. The van der Waals surface area contributed by atoms with Crippen molar-refractivity contribution in [2.24, 2.45) is 10.9 Å². The molecule has 0 radical (unpaired) electrons. The Hall–Kier alpha value is -3.02. The van der Waals surface area contributed by atoms with E-state index < -0.39 is 0 Å². The molecule has 0 saturated carbocycles. The number of amides is 1. The number of carbonyl (C=O) groups excluding carboxylic acids is 1. The Kier molecular flexibility index (Phi) is 8.52. The van der Waals surface area contributed by atoms with E-state index in [9.17, 15) is 4.79 Å². The molecule has 29 heavy (non-hydrogen) atoms. The summed E-state index contributed by atoms with van der Waals surface area (Å²) in [5.74, 6) is 1.59. The number of ether oxygens (including phenoxy) is 1. The maximum atomic E-state index is 11.8. The summed E-state index contributed by atoms with van der Waals surface area (Å²) < 4.78 is 5.74. The van der Waals surface area contributed by atoms with Crippen LogP contribution in [-0.2, 0) is 17.9 Å². The van der Waals surface area contributed by atoms with Crippen LogP contribution in [0.15, 0.2) is 47.5 Å². The van der Waals surface area contributed by atoms with Crippen molar-refractivity contribution in [3.8, 4) is 5.75 Å². The van der Waals surface area contributed by atoms with Gasteiger partial charge in [0.2, 0.25) is 5.91 Å². The molecule has 0 spiro atoms. The van der Waals surface area contributed by atoms with Gasteiger partial charge in [-0.3, -0.25) is 9.79 Å². The molecular formula is C23H32N4O2. The van der Waals surface area contributed by atoms with Gasteiger partial charge in [0, 0.05) is 37.3 Å². The van der Waals surface area contributed by atoms with E-state index >= 15 is 0 Å². The van der Waals surface area contributed by atoms with Gasteiger partial charge < -0.3 is 20.7 Å². The zero-order valence-electron chi connectivity index (χ0n) is 18.0. The number of aryl methyl sites for hydroxylation is 1. The van der Waals surface area contributed by atoms with Crippen LogP contribution >= 0.6 is 0 Å². The molecule has 3 N–H and O–H groups in total. The summed E-state index contributed by atoms with van der Waals surface area (Å²) in [5.41, 5.74) is 4.16.